The van der Waals surface area contributed by atoms with Gasteiger partial charge in [0.25, 0.3) is 0 Å². The molecule has 0 amide bonds. The smallest absolute Gasteiger partial charge is 0.311 e. The Bertz CT molecular complexity index is 1230. The zero-order valence-electron chi connectivity index (χ0n) is 18.7. The van der Waals surface area contributed by atoms with Crippen molar-refractivity contribution in [2.45, 2.75) is 13.8 Å². The number of hydrazone groups is 1. The number of nitrogens with one attached hydrogen (secondary N) is 2. The van der Waals surface area contributed by atoms with E-state index in [2.05, 4.69) is 30.8 Å². The molecular formula is C22H24N8O4. The lowest BCUT2D eigenvalue weighted by molar-refractivity contribution is -0.385. The van der Waals surface area contributed by atoms with E-state index in [0.29, 0.717) is 38.2 Å². The predicted octanol–water partition coefficient (Wildman–Crippen LogP) is 3.13. The Morgan fingerprint density at radius 1 is 1.15 bits per heavy atom. The van der Waals surface area contributed by atoms with Crippen LogP contribution in [-0.4, -0.2) is 57.5 Å². The van der Waals surface area contributed by atoms with Crippen LogP contribution in [0.1, 0.15) is 16.7 Å². The summed E-state index contributed by atoms with van der Waals surface area (Å²) < 4.78 is 5.42. The van der Waals surface area contributed by atoms with Gasteiger partial charge in [0.05, 0.1) is 24.4 Å². The normalized spacial score (nSPS) is 13.8. The molecule has 176 valence electrons. The Morgan fingerprint density at radius 3 is 2.68 bits per heavy atom. The van der Waals surface area contributed by atoms with Gasteiger partial charge in [-0.1, -0.05) is 18.2 Å². The van der Waals surface area contributed by atoms with E-state index in [0.717, 1.165) is 16.8 Å². The van der Waals surface area contributed by atoms with E-state index in [1.807, 2.05) is 36.9 Å². The number of morpholine rings is 1. The van der Waals surface area contributed by atoms with Crippen molar-refractivity contribution in [2.75, 3.05) is 41.9 Å². The summed E-state index contributed by atoms with van der Waals surface area (Å²) in [6, 6.07) is 10.2. The summed E-state index contributed by atoms with van der Waals surface area (Å²) in [5.41, 5.74) is 5.50. The number of aromatic hydroxyl groups is 1. The molecule has 1 aliphatic rings. The first kappa shape index (κ1) is 22.9. The first-order valence-corrected chi connectivity index (χ1v) is 10.6. The van der Waals surface area contributed by atoms with Gasteiger partial charge in [0.15, 0.2) is 0 Å². The van der Waals surface area contributed by atoms with Crippen molar-refractivity contribution in [3.63, 3.8) is 0 Å². The van der Waals surface area contributed by atoms with Crippen LogP contribution in [0.2, 0.25) is 0 Å². The molecule has 1 aromatic heterocycles. The van der Waals surface area contributed by atoms with Crippen molar-refractivity contribution in [1.29, 1.82) is 0 Å². The number of aromatic nitrogens is 3. The van der Waals surface area contributed by atoms with E-state index in [9.17, 15) is 15.2 Å². The average molecular weight is 464 g/mol. The lowest BCUT2D eigenvalue weighted by Gasteiger charge is -2.27. The number of aryl methyl sites for hydroxylation is 2. The van der Waals surface area contributed by atoms with Gasteiger partial charge < -0.3 is 20.1 Å². The van der Waals surface area contributed by atoms with E-state index in [-0.39, 0.29) is 11.5 Å². The number of hydrogen-bond acceptors (Lipinski definition) is 11. The van der Waals surface area contributed by atoms with E-state index < -0.39 is 16.4 Å². The Balaban J connectivity index is 1.61. The first-order valence-electron chi connectivity index (χ1n) is 10.6. The fourth-order valence-electron chi connectivity index (χ4n) is 3.33. The molecular weight excluding hydrogens is 440 g/mol. The molecule has 0 bridgehead atoms. The summed E-state index contributed by atoms with van der Waals surface area (Å²) in [6.45, 7) is 6.40. The van der Waals surface area contributed by atoms with Crippen LogP contribution in [0, 0.1) is 24.0 Å². The van der Waals surface area contributed by atoms with Gasteiger partial charge in [-0.05, 0) is 37.1 Å². The minimum atomic E-state index is -0.661. The highest BCUT2D eigenvalue weighted by atomic mass is 16.6. The molecule has 1 saturated heterocycles. The minimum absolute atomic E-state index is 0.172. The van der Waals surface area contributed by atoms with Crippen molar-refractivity contribution in [2.24, 2.45) is 5.10 Å². The van der Waals surface area contributed by atoms with E-state index >= 15 is 0 Å². The number of phenols is 1. The number of anilines is 4. The summed E-state index contributed by atoms with van der Waals surface area (Å²) in [5, 5.41) is 28.4. The fourth-order valence-corrected chi connectivity index (χ4v) is 3.33. The van der Waals surface area contributed by atoms with Gasteiger partial charge in [-0.3, -0.25) is 10.1 Å². The third-order valence-corrected chi connectivity index (χ3v) is 5.17. The Hall–Kier alpha value is -4.32. The molecule has 1 aliphatic heterocycles. The van der Waals surface area contributed by atoms with E-state index in [4.69, 9.17) is 4.74 Å². The average Bonchev–Trinajstić information content (AvgIpc) is 2.83. The van der Waals surface area contributed by atoms with Crippen LogP contribution in [0.25, 0.3) is 0 Å². The van der Waals surface area contributed by atoms with Crippen LogP contribution in [0.3, 0.4) is 0 Å². The Kier molecular flexibility index (Phi) is 6.78. The van der Waals surface area contributed by atoms with Gasteiger partial charge >= 0.3 is 5.69 Å². The maximum atomic E-state index is 11.0. The highest BCUT2D eigenvalue weighted by Gasteiger charge is 2.18. The standard InChI is InChI=1S/C22H24N8O4/c1-14-6-7-15(2)17(12-14)24-20-25-21(27-22(26-20)29-8-10-34-11-9-29)28-23-13-16-4-3-5-18(19(16)31)30(32)33/h3-7,12-13,31H,8-11H2,1-2H3,(H2,24,25,26,27,28)/b23-13-. The summed E-state index contributed by atoms with van der Waals surface area (Å²) in [4.78, 5) is 25.8. The van der Waals surface area contributed by atoms with Crippen molar-refractivity contribution in [1.82, 2.24) is 15.0 Å². The number of nitrogens with zero attached hydrogens (tertiary/aromatic N) is 6. The molecule has 12 nitrogen and oxygen atoms in total. The predicted molar refractivity (Wildman–Crippen MR) is 128 cm³/mol. The van der Waals surface area contributed by atoms with Crippen LogP contribution in [-0.2, 0) is 4.74 Å². The third kappa shape index (κ3) is 5.35. The van der Waals surface area contributed by atoms with Crippen molar-refractivity contribution >= 4 is 35.4 Å². The number of para-hydroxylation sites is 1. The molecule has 0 aliphatic carbocycles. The number of hydrogen-bond donors (Lipinski definition) is 3. The van der Waals surface area contributed by atoms with Crippen LogP contribution in [0.4, 0.5) is 29.2 Å². The number of benzene rings is 2. The molecule has 2 heterocycles. The maximum absolute atomic E-state index is 11.0. The second kappa shape index (κ2) is 10.1. The third-order valence-electron chi connectivity index (χ3n) is 5.17. The molecule has 0 spiro atoms. The Labute approximate surface area is 195 Å². The fraction of sp³-hybridized carbons (Fsp3) is 0.273. The van der Waals surface area contributed by atoms with E-state index in [1.165, 1.54) is 24.4 Å². The highest BCUT2D eigenvalue weighted by molar-refractivity contribution is 5.85. The Morgan fingerprint density at radius 2 is 1.91 bits per heavy atom. The van der Waals surface area contributed by atoms with Gasteiger partial charge in [-0.15, -0.1) is 0 Å². The minimum Gasteiger partial charge on any atom is -0.502 e. The number of nitro groups is 1. The molecule has 34 heavy (non-hydrogen) atoms. The maximum Gasteiger partial charge on any atom is 0.311 e. The second-order valence-corrected chi connectivity index (χ2v) is 7.67. The van der Waals surface area contributed by atoms with Gasteiger partial charge in [0.1, 0.15) is 0 Å². The molecule has 2 aromatic carbocycles. The SMILES string of the molecule is Cc1ccc(C)c(Nc2nc(N/N=C\c3cccc([N+](=O)[O-])c3O)nc(N3CCOCC3)n2)c1. The number of phenolic OH excluding ortho intramolecular Hbond substituents is 1. The highest BCUT2D eigenvalue weighted by Crippen LogP contribution is 2.28. The van der Waals surface area contributed by atoms with Crippen molar-refractivity contribution < 1.29 is 14.8 Å². The zero-order chi connectivity index (χ0) is 24.1. The molecule has 0 atom stereocenters. The largest absolute Gasteiger partial charge is 0.502 e. The summed E-state index contributed by atoms with van der Waals surface area (Å²) in [7, 11) is 0. The molecule has 1 fully saturated rings. The number of nitro benzene ring substituents is 1. The summed E-state index contributed by atoms with van der Waals surface area (Å²) in [5.74, 6) is 0.494. The molecule has 12 heteroatoms. The quantitative estimate of drug-likeness (QED) is 0.270. The first-order chi connectivity index (χ1) is 16.4. The molecule has 3 aromatic rings. The lowest BCUT2D eigenvalue weighted by atomic mass is 10.1. The molecule has 3 N–H and O–H groups in total. The summed E-state index contributed by atoms with van der Waals surface area (Å²) >= 11 is 0. The van der Waals surface area contributed by atoms with Gasteiger partial charge in [0.2, 0.25) is 23.6 Å². The molecule has 4 rings (SSSR count). The zero-order valence-corrected chi connectivity index (χ0v) is 18.7. The lowest BCUT2D eigenvalue weighted by Crippen LogP contribution is -2.37. The van der Waals surface area contributed by atoms with Crippen LogP contribution >= 0.6 is 0 Å². The van der Waals surface area contributed by atoms with Gasteiger partial charge in [-0.2, -0.15) is 20.1 Å². The molecule has 0 unspecified atom stereocenters. The molecule has 0 radical (unpaired) electrons. The van der Waals surface area contributed by atoms with Gasteiger partial charge in [0, 0.05) is 30.4 Å². The number of ether oxygens (including phenoxy) is 1. The van der Waals surface area contributed by atoms with Gasteiger partial charge in [-0.25, -0.2) is 5.43 Å². The van der Waals surface area contributed by atoms with Crippen molar-refractivity contribution in [3.05, 3.63) is 63.2 Å². The molecule has 0 saturated carbocycles. The second-order valence-electron chi connectivity index (χ2n) is 7.67. The topological polar surface area (TPSA) is 151 Å². The van der Waals surface area contributed by atoms with Crippen LogP contribution < -0.4 is 15.6 Å². The van der Waals surface area contributed by atoms with Crippen LogP contribution in [0.15, 0.2) is 41.5 Å². The van der Waals surface area contributed by atoms with E-state index in [1.54, 1.807) is 0 Å². The summed E-state index contributed by atoms with van der Waals surface area (Å²) in [6.07, 6.45) is 1.26. The number of rotatable bonds is 7. The van der Waals surface area contributed by atoms with Crippen LogP contribution in [0.5, 0.6) is 5.75 Å². The van der Waals surface area contributed by atoms with Crippen molar-refractivity contribution in [3.8, 4) is 5.75 Å². The monoisotopic (exact) mass is 464 g/mol.